The minimum atomic E-state index is 0. The number of hydrogen-bond acceptors (Lipinski definition) is 4. The van der Waals surface area contributed by atoms with Gasteiger partial charge in [0.1, 0.15) is 0 Å². The molecular weight excluding hydrogens is 520 g/mol. The molecule has 1 fully saturated rings. The molecule has 0 aromatic heterocycles. The molecule has 1 heterocycles. The van der Waals surface area contributed by atoms with Gasteiger partial charge in [-0.2, -0.15) is 0 Å². The molecule has 1 rings (SSSR count). The van der Waals surface area contributed by atoms with Crippen LogP contribution in [-0.4, -0.2) is 97.4 Å². The molecule has 0 aromatic rings. The van der Waals surface area contributed by atoms with Crippen molar-refractivity contribution in [1.29, 1.82) is 0 Å². The number of rotatable bonds is 10. The number of carbonyl (C=O) groups is 2. The van der Waals surface area contributed by atoms with Crippen LogP contribution in [0.3, 0.4) is 0 Å². The summed E-state index contributed by atoms with van der Waals surface area (Å²) in [6.07, 6.45) is 5.00. The van der Waals surface area contributed by atoms with Gasteiger partial charge in [-0.05, 0) is 76.0 Å². The fourth-order valence-electron chi connectivity index (χ4n) is 4.21. The quantitative estimate of drug-likeness (QED) is 0.250. The normalized spacial score (nSPS) is 13.7. The Morgan fingerprint density at radius 3 is 1.40 bits per heavy atom. The van der Waals surface area contributed by atoms with Crippen LogP contribution in [0.2, 0.25) is 0 Å². The van der Waals surface area contributed by atoms with Crippen LogP contribution in [0.25, 0.3) is 0 Å². The van der Waals surface area contributed by atoms with Crippen molar-refractivity contribution < 1.29 is 9.59 Å². The molecule has 0 atom stereocenters. The molecule has 0 spiro atoms. The van der Waals surface area contributed by atoms with Crippen LogP contribution in [0.5, 0.6) is 0 Å². The number of amides is 2. The van der Waals surface area contributed by atoms with Crippen LogP contribution in [0.1, 0.15) is 144 Å². The zero-order valence-corrected chi connectivity index (χ0v) is 29.0. The Morgan fingerprint density at radius 1 is 0.643 bits per heavy atom. The van der Waals surface area contributed by atoms with E-state index >= 15 is 0 Å². The Morgan fingerprint density at radius 2 is 1.07 bits per heavy atom. The summed E-state index contributed by atoms with van der Waals surface area (Å²) in [5.41, 5.74) is 0.885. The van der Waals surface area contributed by atoms with Crippen LogP contribution in [0.15, 0.2) is 0 Å². The summed E-state index contributed by atoms with van der Waals surface area (Å²) < 4.78 is 0. The molecule has 6 nitrogen and oxygen atoms in total. The Labute approximate surface area is 267 Å². The van der Waals surface area contributed by atoms with Gasteiger partial charge in [0.2, 0.25) is 11.8 Å². The highest BCUT2D eigenvalue weighted by atomic mass is 16.2. The molecule has 2 amide bonds. The van der Waals surface area contributed by atoms with Gasteiger partial charge in [-0.25, -0.2) is 0 Å². The van der Waals surface area contributed by atoms with Crippen LogP contribution < -0.4 is 0 Å². The lowest BCUT2D eigenvalue weighted by Gasteiger charge is -2.34. The highest BCUT2D eigenvalue weighted by molar-refractivity contribution is 5.77. The average Bonchev–Trinajstić information content (AvgIpc) is 2.80. The van der Waals surface area contributed by atoms with Gasteiger partial charge in [0.25, 0.3) is 0 Å². The van der Waals surface area contributed by atoms with Crippen molar-refractivity contribution in [1.82, 2.24) is 19.6 Å². The van der Waals surface area contributed by atoms with Gasteiger partial charge in [-0.1, -0.05) is 98.4 Å². The van der Waals surface area contributed by atoms with Crippen molar-refractivity contribution in [2.75, 3.05) is 66.0 Å². The van der Waals surface area contributed by atoms with E-state index in [1.807, 2.05) is 23.6 Å². The number of hydrogen-bond donors (Lipinski definition) is 0. The average molecular weight is 603 g/mol. The molecule has 0 saturated carbocycles. The summed E-state index contributed by atoms with van der Waals surface area (Å²) >= 11 is 0. The highest BCUT2D eigenvalue weighted by Gasteiger charge is 2.23. The van der Waals surface area contributed by atoms with Gasteiger partial charge < -0.3 is 19.6 Å². The molecular formula is C36H82N4O2. The lowest BCUT2D eigenvalue weighted by atomic mass is 9.90. The van der Waals surface area contributed by atoms with E-state index < -0.39 is 0 Å². The van der Waals surface area contributed by atoms with Crippen molar-refractivity contribution in [2.24, 2.45) is 16.2 Å². The topological polar surface area (TPSA) is 47.1 Å². The monoisotopic (exact) mass is 603 g/mol. The van der Waals surface area contributed by atoms with E-state index in [0.29, 0.717) is 30.1 Å². The Bertz CT molecular complexity index is 628. The molecule has 0 bridgehead atoms. The molecule has 0 unspecified atom stereocenters. The highest BCUT2D eigenvalue weighted by Crippen LogP contribution is 2.22. The van der Waals surface area contributed by atoms with Gasteiger partial charge in [0.15, 0.2) is 0 Å². The SMILES string of the molecule is C.C.C.CCN(CC)C(=O)CCC(C)(C)C.CCN(CC)CCCC(C)(C)C.CN1CCN(C(=O)CC(C)(C)C)CC1. The van der Waals surface area contributed by atoms with Gasteiger partial charge in [0, 0.05) is 52.1 Å². The number of nitrogens with zero attached hydrogens (tertiary/aromatic N) is 4. The fourth-order valence-corrected chi connectivity index (χ4v) is 4.21. The standard InChI is InChI=1S/C11H22N2O.C11H23NO.C11H25N.3CH4/c1-11(2,3)9-10(14)13-7-5-12(4)6-8-13;1-6-12(7-2)10(13)8-9-11(3,4)5;1-6-12(7-2)10-8-9-11(3,4)5;;;/h5-9H2,1-4H3;6-9H2,1-5H3;6-10H2,1-5H3;3*1H4. The Balaban J connectivity index is -0.000000158. The van der Waals surface area contributed by atoms with Crippen molar-refractivity contribution in [3.63, 3.8) is 0 Å². The van der Waals surface area contributed by atoms with Crippen molar-refractivity contribution in [3.05, 3.63) is 0 Å². The van der Waals surface area contributed by atoms with E-state index in [2.05, 4.69) is 93.0 Å². The maximum absolute atomic E-state index is 11.8. The van der Waals surface area contributed by atoms with Crippen molar-refractivity contribution in [2.45, 2.75) is 144 Å². The molecule has 1 aliphatic rings. The van der Waals surface area contributed by atoms with Gasteiger partial charge >= 0.3 is 0 Å². The number of piperazine rings is 1. The minimum absolute atomic E-state index is 0. The molecule has 42 heavy (non-hydrogen) atoms. The Hall–Kier alpha value is -1.14. The van der Waals surface area contributed by atoms with Crippen molar-refractivity contribution >= 4 is 11.8 Å². The summed E-state index contributed by atoms with van der Waals surface area (Å²) in [6.45, 7) is 37.4. The fraction of sp³-hybridized carbons (Fsp3) is 0.944. The second-order valence-electron chi connectivity index (χ2n) is 14.7. The van der Waals surface area contributed by atoms with Crippen LogP contribution in [-0.2, 0) is 9.59 Å². The minimum Gasteiger partial charge on any atom is -0.343 e. The molecule has 258 valence electrons. The molecule has 6 heteroatoms. The second-order valence-corrected chi connectivity index (χ2v) is 14.7. The first-order chi connectivity index (χ1) is 17.8. The lowest BCUT2D eigenvalue weighted by molar-refractivity contribution is -0.134. The first-order valence-corrected chi connectivity index (χ1v) is 15.7. The molecule has 0 aromatic carbocycles. The third kappa shape index (κ3) is 30.3. The lowest BCUT2D eigenvalue weighted by Crippen LogP contribution is -2.47. The number of likely N-dealkylation sites (N-methyl/N-ethyl adjacent to an activating group) is 1. The molecule has 0 N–H and O–H groups in total. The maximum atomic E-state index is 11.8. The van der Waals surface area contributed by atoms with Gasteiger partial charge in [0.05, 0.1) is 0 Å². The van der Waals surface area contributed by atoms with Gasteiger partial charge in [-0.15, -0.1) is 0 Å². The zero-order valence-electron chi connectivity index (χ0n) is 29.0. The summed E-state index contributed by atoms with van der Waals surface area (Å²) in [7, 11) is 2.10. The van der Waals surface area contributed by atoms with E-state index in [0.717, 1.165) is 45.7 Å². The third-order valence-electron chi connectivity index (χ3n) is 7.04. The van der Waals surface area contributed by atoms with E-state index in [1.165, 1.54) is 32.5 Å². The van der Waals surface area contributed by atoms with Crippen molar-refractivity contribution in [3.8, 4) is 0 Å². The zero-order chi connectivity index (χ0) is 30.9. The second kappa shape index (κ2) is 25.2. The van der Waals surface area contributed by atoms with E-state index in [4.69, 9.17) is 0 Å². The Kier molecular flexibility index (Phi) is 30.3. The van der Waals surface area contributed by atoms with E-state index in [9.17, 15) is 9.59 Å². The molecule has 1 saturated heterocycles. The first-order valence-electron chi connectivity index (χ1n) is 15.7. The van der Waals surface area contributed by atoms with Crippen LogP contribution in [0, 0.1) is 16.2 Å². The van der Waals surface area contributed by atoms with Gasteiger partial charge in [-0.3, -0.25) is 9.59 Å². The van der Waals surface area contributed by atoms with Crippen LogP contribution >= 0.6 is 0 Å². The molecule has 1 aliphatic heterocycles. The molecule has 0 aliphatic carbocycles. The smallest absolute Gasteiger partial charge is 0.223 e. The summed E-state index contributed by atoms with van der Waals surface area (Å²) in [5, 5.41) is 0. The number of carbonyl (C=O) groups excluding carboxylic acids is 2. The summed E-state index contributed by atoms with van der Waals surface area (Å²) in [4.78, 5) is 32.0. The summed E-state index contributed by atoms with van der Waals surface area (Å²) in [6, 6.07) is 0. The summed E-state index contributed by atoms with van der Waals surface area (Å²) in [5.74, 6) is 0.602. The predicted molar refractivity (Wildman–Crippen MR) is 191 cm³/mol. The van der Waals surface area contributed by atoms with E-state index in [-0.39, 0.29) is 33.1 Å². The maximum Gasteiger partial charge on any atom is 0.223 e. The van der Waals surface area contributed by atoms with Crippen LogP contribution in [0.4, 0.5) is 0 Å². The van der Waals surface area contributed by atoms with E-state index in [1.54, 1.807) is 0 Å². The largest absolute Gasteiger partial charge is 0.343 e. The first kappa shape index (κ1) is 50.5. The predicted octanol–water partition coefficient (Wildman–Crippen LogP) is 8.94. The third-order valence-corrected chi connectivity index (χ3v) is 7.04. The molecule has 0 radical (unpaired) electrons.